The van der Waals surface area contributed by atoms with E-state index >= 15 is 0 Å². The summed E-state index contributed by atoms with van der Waals surface area (Å²) in [5.41, 5.74) is 4.39. The molecule has 0 saturated heterocycles. The molecule has 0 fully saturated rings. The highest BCUT2D eigenvalue weighted by Crippen LogP contribution is 1.68. The van der Waals surface area contributed by atoms with Gasteiger partial charge >= 0.3 is 0 Å². The van der Waals surface area contributed by atoms with Gasteiger partial charge in [0.2, 0.25) is 0 Å². The maximum Gasteiger partial charge on any atom is 0.0765 e. The van der Waals surface area contributed by atoms with Crippen molar-refractivity contribution < 1.29 is 10.2 Å². The van der Waals surface area contributed by atoms with Crippen LogP contribution >= 0.6 is 0 Å². The van der Waals surface area contributed by atoms with E-state index in [0.29, 0.717) is 0 Å². The van der Waals surface area contributed by atoms with Gasteiger partial charge in [-0.05, 0) is 6.92 Å². The topological polar surface area (TPSA) is 90.3 Å². The molecule has 0 saturated carbocycles. The zero-order chi connectivity index (χ0) is 6.99. The fourth-order valence-corrected chi connectivity index (χ4v) is 0. The molecule has 0 aliphatic rings. The minimum absolute atomic E-state index is 0.139. The molecule has 0 aromatic carbocycles. The fourth-order valence-electron chi connectivity index (χ4n) is 0. The summed E-state index contributed by atoms with van der Waals surface area (Å²) >= 11 is 0. The Morgan fingerprint density at radius 3 is 2.00 bits per heavy atom. The lowest BCUT2D eigenvalue weighted by molar-refractivity contribution is 0.110. The minimum Gasteiger partial charge on any atom is -0.394 e. The van der Waals surface area contributed by atoms with Crippen molar-refractivity contribution in [1.82, 2.24) is 0 Å². The predicted molar refractivity (Wildman–Crippen MR) is 31.7 cm³/mol. The van der Waals surface area contributed by atoms with Crippen LogP contribution in [0.25, 0.3) is 0 Å². The molecule has 0 aromatic heterocycles. The van der Waals surface area contributed by atoms with Crippen LogP contribution in [0.3, 0.4) is 0 Å². The molecule has 4 heteroatoms. The fraction of sp³-hybridized carbons (Fsp3) is 0.750. The van der Waals surface area contributed by atoms with E-state index in [1.54, 1.807) is 0 Å². The van der Waals surface area contributed by atoms with E-state index in [9.17, 15) is 0 Å². The van der Waals surface area contributed by atoms with E-state index in [0.717, 1.165) is 6.34 Å². The SMILES string of the molecule is CC(O)CO.N=CN. The van der Waals surface area contributed by atoms with E-state index in [4.69, 9.17) is 15.6 Å². The third-order valence-electron chi connectivity index (χ3n) is 0.264. The summed E-state index contributed by atoms with van der Waals surface area (Å²) < 4.78 is 0. The largest absolute Gasteiger partial charge is 0.394 e. The number of nitrogens with one attached hydrogen (secondary N) is 1. The van der Waals surface area contributed by atoms with Crippen LogP contribution in [0.4, 0.5) is 0 Å². The normalized spacial score (nSPS) is 10.9. The second kappa shape index (κ2) is 9.63. The highest BCUT2D eigenvalue weighted by Gasteiger charge is 1.83. The molecule has 0 aliphatic carbocycles. The predicted octanol–water partition coefficient (Wildman–Crippen LogP) is -1.09. The van der Waals surface area contributed by atoms with Gasteiger partial charge in [-0.3, -0.25) is 5.41 Å². The summed E-state index contributed by atoms with van der Waals surface area (Å²) in [4.78, 5) is 0. The van der Waals surface area contributed by atoms with Crippen LogP contribution in [0.15, 0.2) is 0 Å². The second-order valence-corrected chi connectivity index (χ2v) is 1.20. The first-order valence-electron chi connectivity index (χ1n) is 2.18. The summed E-state index contributed by atoms with van der Waals surface area (Å²) in [6, 6.07) is 0. The highest BCUT2D eigenvalue weighted by molar-refractivity contribution is 5.46. The zero-order valence-corrected chi connectivity index (χ0v) is 4.83. The van der Waals surface area contributed by atoms with Gasteiger partial charge in [0.05, 0.1) is 19.0 Å². The van der Waals surface area contributed by atoms with E-state index in [1.807, 2.05) is 0 Å². The average molecular weight is 120 g/mol. The van der Waals surface area contributed by atoms with Crippen molar-refractivity contribution in [2.75, 3.05) is 6.61 Å². The summed E-state index contributed by atoms with van der Waals surface area (Å²) in [6.07, 6.45) is 0.190. The number of hydrogen-bond acceptors (Lipinski definition) is 3. The van der Waals surface area contributed by atoms with E-state index in [1.165, 1.54) is 6.92 Å². The molecule has 1 unspecified atom stereocenters. The Labute approximate surface area is 48.5 Å². The third-order valence-corrected chi connectivity index (χ3v) is 0.264. The molecule has 0 bridgehead atoms. The molecule has 0 radical (unpaired) electrons. The molecule has 0 spiro atoms. The molecule has 4 nitrogen and oxygen atoms in total. The lowest BCUT2D eigenvalue weighted by Gasteiger charge is -1.90. The molecule has 0 heterocycles. The van der Waals surface area contributed by atoms with Crippen molar-refractivity contribution in [2.24, 2.45) is 5.73 Å². The third kappa shape index (κ3) is 53.8. The van der Waals surface area contributed by atoms with Crippen molar-refractivity contribution in [3.05, 3.63) is 0 Å². The molecule has 5 N–H and O–H groups in total. The highest BCUT2D eigenvalue weighted by atomic mass is 16.3. The molecule has 0 aliphatic heterocycles. The van der Waals surface area contributed by atoms with Crippen molar-refractivity contribution in [3.8, 4) is 0 Å². The maximum absolute atomic E-state index is 8.11. The van der Waals surface area contributed by atoms with Crippen molar-refractivity contribution >= 4 is 6.34 Å². The average Bonchev–Trinajstić information content (AvgIpc) is 1.69. The Morgan fingerprint density at radius 1 is 1.88 bits per heavy atom. The molecule has 0 amide bonds. The second-order valence-electron chi connectivity index (χ2n) is 1.20. The van der Waals surface area contributed by atoms with E-state index in [2.05, 4.69) is 5.73 Å². The molecule has 1 atom stereocenters. The maximum atomic E-state index is 8.11. The standard InChI is InChI=1S/C3H8O2.CH4N2/c1-3(5)2-4;2-1-3/h3-5H,2H2,1H3;1H,(H3,2,3). The molecular formula is C4H12N2O2. The Kier molecular flexibility index (Phi) is 12.5. The van der Waals surface area contributed by atoms with Crippen molar-refractivity contribution in [3.63, 3.8) is 0 Å². The Balaban J connectivity index is 0. The number of rotatable bonds is 1. The van der Waals surface area contributed by atoms with Gasteiger partial charge in [-0.25, -0.2) is 0 Å². The summed E-state index contributed by atoms with van der Waals surface area (Å²) in [7, 11) is 0. The minimum atomic E-state index is -0.560. The van der Waals surface area contributed by atoms with Gasteiger partial charge in [0.25, 0.3) is 0 Å². The van der Waals surface area contributed by atoms with Gasteiger partial charge in [0, 0.05) is 0 Å². The van der Waals surface area contributed by atoms with Gasteiger partial charge in [0.15, 0.2) is 0 Å². The van der Waals surface area contributed by atoms with Crippen LogP contribution in [0.1, 0.15) is 6.92 Å². The van der Waals surface area contributed by atoms with Crippen LogP contribution in [-0.2, 0) is 0 Å². The van der Waals surface area contributed by atoms with E-state index in [-0.39, 0.29) is 6.61 Å². The van der Waals surface area contributed by atoms with Crippen LogP contribution in [0.5, 0.6) is 0 Å². The van der Waals surface area contributed by atoms with Gasteiger partial charge in [-0.15, -0.1) is 0 Å². The van der Waals surface area contributed by atoms with Gasteiger partial charge in [-0.2, -0.15) is 0 Å². The summed E-state index contributed by atoms with van der Waals surface area (Å²) in [5.74, 6) is 0. The summed E-state index contributed by atoms with van der Waals surface area (Å²) in [5, 5.41) is 21.9. The monoisotopic (exact) mass is 120 g/mol. The Bertz CT molecular complexity index is 47.3. The lowest BCUT2D eigenvalue weighted by atomic mass is 10.5. The number of aliphatic hydroxyl groups is 2. The molecule has 0 aromatic rings. The lowest BCUT2D eigenvalue weighted by Crippen LogP contribution is -2.03. The van der Waals surface area contributed by atoms with Gasteiger partial charge < -0.3 is 15.9 Å². The first-order valence-corrected chi connectivity index (χ1v) is 2.18. The van der Waals surface area contributed by atoms with Crippen molar-refractivity contribution in [2.45, 2.75) is 13.0 Å². The van der Waals surface area contributed by atoms with Crippen LogP contribution in [0.2, 0.25) is 0 Å². The van der Waals surface area contributed by atoms with Gasteiger partial charge in [0.1, 0.15) is 0 Å². The first kappa shape index (κ1) is 10.4. The molecule has 8 heavy (non-hydrogen) atoms. The Morgan fingerprint density at radius 2 is 2.00 bits per heavy atom. The zero-order valence-electron chi connectivity index (χ0n) is 4.83. The van der Waals surface area contributed by atoms with Crippen LogP contribution in [-0.4, -0.2) is 29.3 Å². The number of hydrogen-bond donors (Lipinski definition) is 4. The number of aliphatic hydroxyl groups excluding tert-OH is 2. The summed E-state index contributed by atoms with van der Waals surface area (Å²) in [6.45, 7) is 1.39. The first-order chi connectivity index (χ1) is 3.68. The number of nitrogens with two attached hydrogens (primary N) is 1. The molecular weight excluding hydrogens is 108 g/mol. The molecule has 50 valence electrons. The van der Waals surface area contributed by atoms with Gasteiger partial charge in [-0.1, -0.05) is 0 Å². The smallest absolute Gasteiger partial charge is 0.0765 e. The molecule has 0 rings (SSSR count). The van der Waals surface area contributed by atoms with Crippen LogP contribution in [0, 0.1) is 5.41 Å². The Hall–Kier alpha value is -0.610. The van der Waals surface area contributed by atoms with Crippen LogP contribution < -0.4 is 5.73 Å². The van der Waals surface area contributed by atoms with E-state index < -0.39 is 6.10 Å². The quantitative estimate of drug-likeness (QED) is 0.262. The van der Waals surface area contributed by atoms with Crippen molar-refractivity contribution in [1.29, 1.82) is 5.41 Å².